The van der Waals surface area contributed by atoms with Gasteiger partial charge in [-0.15, -0.1) is 0 Å². The fourth-order valence-corrected chi connectivity index (χ4v) is 3.86. The second-order valence-electron chi connectivity index (χ2n) is 8.31. The van der Waals surface area contributed by atoms with E-state index in [0.29, 0.717) is 24.3 Å². The van der Waals surface area contributed by atoms with Gasteiger partial charge in [-0.3, -0.25) is 14.3 Å². The lowest BCUT2D eigenvalue weighted by molar-refractivity contribution is -0.137. The molecule has 1 atom stereocenters. The molecule has 1 aliphatic rings. The van der Waals surface area contributed by atoms with Gasteiger partial charge < -0.3 is 9.80 Å². The number of fused-ring (bicyclic) bond motifs is 1. The predicted octanol–water partition coefficient (Wildman–Crippen LogP) is 3.29. The maximum atomic E-state index is 13.6. The lowest BCUT2D eigenvalue weighted by atomic mass is 10.0. The van der Waals surface area contributed by atoms with Crippen LogP contribution in [0.1, 0.15) is 42.7 Å². The summed E-state index contributed by atoms with van der Waals surface area (Å²) >= 11 is 0. The molecule has 1 saturated heterocycles. The molecule has 2 amide bonds. The number of nitrogens with zero attached hydrogens (tertiary/aromatic N) is 5. The Morgan fingerprint density at radius 2 is 1.97 bits per heavy atom. The third kappa shape index (κ3) is 3.44. The lowest BCUT2D eigenvalue weighted by Crippen LogP contribution is -2.56. The molecule has 0 bridgehead atoms. The van der Waals surface area contributed by atoms with Crippen molar-refractivity contribution in [1.82, 2.24) is 24.6 Å². The Hall–Kier alpha value is -3.22. The molecule has 4 rings (SSSR count). The minimum Gasteiger partial charge on any atom is -0.342 e. The highest BCUT2D eigenvalue weighted by Gasteiger charge is 2.33. The molecule has 0 radical (unpaired) electrons. The molecule has 1 fully saturated rings. The van der Waals surface area contributed by atoms with Crippen LogP contribution in [-0.2, 0) is 4.79 Å². The van der Waals surface area contributed by atoms with Gasteiger partial charge in [0.1, 0.15) is 6.04 Å². The van der Waals surface area contributed by atoms with E-state index in [2.05, 4.69) is 18.9 Å². The summed E-state index contributed by atoms with van der Waals surface area (Å²) in [7, 11) is 1.77. The highest BCUT2D eigenvalue weighted by atomic mass is 16.2. The molecule has 0 aliphatic carbocycles. The van der Waals surface area contributed by atoms with Crippen LogP contribution < -0.4 is 0 Å². The fraction of sp³-hybridized carbons (Fsp3) is 0.391. The standard InChI is InChI=1S/C23H27N5O2/c1-14(2)28-13-17(12-24-28)20-11-19(18-7-6-15(3)10-21(18)25-20)23(30)27-9-8-26(5)22(29)16(27)4/h6-7,10-14,16H,8-9H2,1-5H3. The summed E-state index contributed by atoms with van der Waals surface area (Å²) in [6, 6.07) is 7.49. The number of aryl methyl sites for hydroxylation is 1. The minimum atomic E-state index is -0.489. The van der Waals surface area contributed by atoms with Crippen LogP contribution in [0.15, 0.2) is 36.7 Å². The average molecular weight is 406 g/mol. The van der Waals surface area contributed by atoms with Crippen molar-refractivity contribution in [2.75, 3.05) is 20.1 Å². The molecule has 3 aromatic rings. The third-order valence-corrected chi connectivity index (χ3v) is 5.76. The molecule has 0 spiro atoms. The van der Waals surface area contributed by atoms with E-state index < -0.39 is 6.04 Å². The van der Waals surface area contributed by atoms with Crippen molar-refractivity contribution < 1.29 is 9.59 Å². The number of hydrogen-bond acceptors (Lipinski definition) is 4. The zero-order chi connectivity index (χ0) is 21.6. The fourth-order valence-electron chi connectivity index (χ4n) is 3.86. The lowest BCUT2D eigenvalue weighted by Gasteiger charge is -2.37. The Bertz CT molecular complexity index is 1130. The first-order valence-corrected chi connectivity index (χ1v) is 10.3. The summed E-state index contributed by atoms with van der Waals surface area (Å²) in [4.78, 5) is 34.2. The van der Waals surface area contributed by atoms with Crippen LogP contribution in [0.5, 0.6) is 0 Å². The van der Waals surface area contributed by atoms with Crippen molar-refractivity contribution in [2.24, 2.45) is 0 Å². The van der Waals surface area contributed by atoms with E-state index in [0.717, 1.165) is 22.0 Å². The first kappa shape index (κ1) is 20.1. The first-order valence-electron chi connectivity index (χ1n) is 10.3. The molecule has 1 aromatic carbocycles. The van der Waals surface area contributed by atoms with E-state index in [4.69, 9.17) is 4.98 Å². The van der Waals surface area contributed by atoms with E-state index in [9.17, 15) is 9.59 Å². The zero-order valence-electron chi connectivity index (χ0n) is 18.1. The highest BCUT2D eigenvalue weighted by molar-refractivity contribution is 6.08. The summed E-state index contributed by atoms with van der Waals surface area (Å²) in [6.07, 6.45) is 3.73. The summed E-state index contributed by atoms with van der Waals surface area (Å²) in [5, 5.41) is 5.21. The average Bonchev–Trinajstić information content (AvgIpc) is 3.21. The molecule has 7 heteroatoms. The van der Waals surface area contributed by atoms with Crippen molar-refractivity contribution in [2.45, 2.75) is 39.8 Å². The van der Waals surface area contributed by atoms with Gasteiger partial charge in [0.25, 0.3) is 5.91 Å². The van der Waals surface area contributed by atoms with Gasteiger partial charge in [-0.2, -0.15) is 5.10 Å². The summed E-state index contributed by atoms with van der Waals surface area (Å²) in [6.45, 7) is 8.97. The van der Waals surface area contributed by atoms with Crippen LogP contribution in [0.4, 0.5) is 0 Å². The topological polar surface area (TPSA) is 71.3 Å². The van der Waals surface area contributed by atoms with Crippen molar-refractivity contribution in [3.63, 3.8) is 0 Å². The smallest absolute Gasteiger partial charge is 0.255 e. The number of rotatable bonds is 3. The molecule has 2 aromatic heterocycles. The maximum Gasteiger partial charge on any atom is 0.255 e. The number of amides is 2. The van der Waals surface area contributed by atoms with E-state index in [-0.39, 0.29) is 17.9 Å². The van der Waals surface area contributed by atoms with E-state index in [1.807, 2.05) is 42.1 Å². The molecular weight excluding hydrogens is 378 g/mol. The highest BCUT2D eigenvalue weighted by Crippen LogP contribution is 2.28. The third-order valence-electron chi connectivity index (χ3n) is 5.76. The zero-order valence-corrected chi connectivity index (χ0v) is 18.1. The Kier molecular flexibility index (Phi) is 5.05. The Morgan fingerprint density at radius 1 is 1.20 bits per heavy atom. The Morgan fingerprint density at radius 3 is 2.67 bits per heavy atom. The number of likely N-dealkylation sites (N-methyl/N-ethyl adjacent to an activating group) is 1. The molecular formula is C23H27N5O2. The molecule has 30 heavy (non-hydrogen) atoms. The number of piperazine rings is 1. The Balaban J connectivity index is 1.83. The van der Waals surface area contributed by atoms with Crippen molar-refractivity contribution in [3.05, 3.63) is 47.8 Å². The largest absolute Gasteiger partial charge is 0.342 e. The molecule has 0 N–H and O–H groups in total. The maximum absolute atomic E-state index is 13.6. The van der Waals surface area contributed by atoms with Gasteiger partial charge in [0, 0.05) is 43.3 Å². The van der Waals surface area contributed by atoms with Crippen LogP contribution in [0.25, 0.3) is 22.2 Å². The SMILES string of the molecule is Cc1ccc2c(C(=O)N3CCN(C)C(=O)C3C)cc(-c3cnn(C(C)C)c3)nc2c1. The molecule has 1 aliphatic heterocycles. The molecule has 0 saturated carbocycles. The van der Waals surface area contributed by atoms with Gasteiger partial charge in [0.15, 0.2) is 0 Å². The monoisotopic (exact) mass is 405 g/mol. The van der Waals surface area contributed by atoms with E-state index >= 15 is 0 Å². The van der Waals surface area contributed by atoms with Crippen LogP contribution in [-0.4, -0.2) is 62.6 Å². The van der Waals surface area contributed by atoms with Gasteiger partial charge in [0.05, 0.1) is 23.0 Å². The second-order valence-corrected chi connectivity index (χ2v) is 8.31. The molecule has 1 unspecified atom stereocenters. The van der Waals surface area contributed by atoms with E-state index in [1.54, 1.807) is 30.0 Å². The number of carbonyl (C=O) groups excluding carboxylic acids is 2. The molecule has 7 nitrogen and oxygen atoms in total. The number of benzene rings is 1. The van der Waals surface area contributed by atoms with Crippen LogP contribution in [0, 0.1) is 6.92 Å². The second kappa shape index (κ2) is 7.55. The van der Waals surface area contributed by atoms with Crippen LogP contribution in [0.2, 0.25) is 0 Å². The number of aromatic nitrogens is 3. The van der Waals surface area contributed by atoms with Gasteiger partial charge in [-0.05, 0) is 45.4 Å². The molecule has 156 valence electrons. The summed E-state index contributed by atoms with van der Waals surface area (Å²) < 4.78 is 1.88. The van der Waals surface area contributed by atoms with Gasteiger partial charge in [-0.1, -0.05) is 12.1 Å². The van der Waals surface area contributed by atoms with Gasteiger partial charge in [0.2, 0.25) is 5.91 Å². The van der Waals surface area contributed by atoms with Gasteiger partial charge in [-0.25, -0.2) is 4.98 Å². The first-order chi connectivity index (χ1) is 14.3. The van der Waals surface area contributed by atoms with Crippen LogP contribution in [0.3, 0.4) is 0 Å². The number of carbonyl (C=O) groups is 2. The van der Waals surface area contributed by atoms with E-state index in [1.165, 1.54) is 0 Å². The van der Waals surface area contributed by atoms with Crippen molar-refractivity contribution in [1.29, 1.82) is 0 Å². The van der Waals surface area contributed by atoms with Gasteiger partial charge >= 0.3 is 0 Å². The van der Waals surface area contributed by atoms with Crippen LogP contribution >= 0.6 is 0 Å². The summed E-state index contributed by atoms with van der Waals surface area (Å²) in [5.74, 6) is -0.181. The minimum absolute atomic E-state index is 0.0396. The molecule has 3 heterocycles. The normalized spacial score (nSPS) is 17.3. The van der Waals surface area contributed by atoms with Crippen molar-refractivity contribution >= 4 is 22.7 Å². The van der Waals surface area contributed by atoms with Crippen molar-refractivity contribution in [3.8, 4) is 11.3 Å². The number of pyridine rings is 1. The summed E-state index contributed by atoms with van der Waals surface area (Å²) in [5.41, 5.74) is 3.98. The number of hydrogen-bond donors (Lipinski definition) is 0. The quantitative estimate of drug-likeness (QED) is 0.670. The predicted molar refractivity (Wildman–Crippen MR) is 116 cm³/mol. The Labute approximate surface area is 176 Å².